The summed E-state index contributed by atoms with van der Waals surface area (Å²) in [4.78, 5) is 14.5. The normalized spacial score (nSPS) is 17.5. The zero-order chi connectivity index (χ0) is 25.7. The fraction of sp³-hybridized carbons (Fsp3) is 0.720. The zero-order valence-corrected chi connectivity index (χ0v) is 25.0. The van der Waals surface area contributed by atoms with Crippen molar-refractivity contribution in [1.82, 2.24) is 4.90 Å². The highest BCUT2D eigenvalue weighted by molar-refractivity contribution is 6.76. The highest BCUT2D eigenvalue weighted by Crippen LogP contribution is 2.40. The van der Waals surface area contributed by atoms with Crippen LogP contribution >= 0.6 is 11.6 Å². The lowest BCUT2D eigenvalue weighted by Crippen LogP contribution is -2.41. The minimum Gasteiger partial charge on any atom is -0.467 e. The quantitative estimate of drug-likeness (QED) is 0.167. The molecule has 1 fully saturated rings. The third kappa shape index (κ3) is 8.33. The molecule has 5 nitrogen and oxygen atoms in total. The fourth-order valence-corrected chi connectivity index (χ4v) is 5.73. The first kappa shape index (κ1) is 29.3. The van der Waals surface area contributed by atoms with E-state index in [9.17, 15) is 9.18 Å². The van der Waals surface area contributed by atoms with E-state index in [4.69, 9.17) is 25.5 Å². The van der Waals surface area contributed by atoms with Crippen molar-refractivity contribution in [2.45, 2.75) is 83.3 Å². The largest absolute Gasteiger partial charge is 0.467 e. The van der Waals surface area contributed by atoms with E-state index >= 15 is 0 Å². The Morgan fingerprint density at radius 1 is 1.15 bits per heavy atom. The van der Waals surface area contributed by atoms with Crippen LogP contribution in [0.1, 0.15) is 45.1 Å². The van der Waals surface area contributed by atoms with Crippen LogP contribution in [0, 0.1) is 5.82 Å². The second kappa shape index (κ2) is 11.9. The number of carbonyl (C=O) groups excluding carboxylic acids is 1. The summed E-state index contributed by atoms with van der Waals surface area (Å²) in [6.07, 6.45) is 1.06. The smallest absolute Gasteiger partial charge is 0.223 e. The number of ether oxygens (including phenoxy) is 2. The van der Waals surface area contributed by atoms with Gasteiger partial charge in [-0.2, -0.15) is 0 Å². The first-order valence-electron chi connectivity index (χ1n) is 12.2. The van der Waals surface area contributed by atoms with Crippen molar-refractivity contribution in [2.24, 2.45) is 0 Å². The van der Waals surface area contributed by atoms with E-state index in [2.05, 4.69) is 53.5 Å². The van der Waals surface area contributed by atoms with Crippen molar-refractivity contribution >= 4 is 33.9 Å². The lowest BCUT2D eigenvalue weighted by molar-refractivity contribution is -0.127. The molecule has 1 aliphatic heterocycles. The first-order chi connectivity index (χ1) is 15.6. The summed E-state index contributed by atoms with van der Waals surface area (Å²) in [6.45, 7) is 20.4. The predicted molar refractivity (Wildman–Crippen MR) is 143 cm³/mol. The second-order valence-electron chi connectivity index (χ2n) is 12.0. The van der Waals surface area contributed by atoms with Gasteiger partial charge >= 0.3 is 0 Å². The number of rotatable bonds is 12. The molecule has 0 aliphatic carbocycles. The van der Waals surface area contributed by atoms with Crippen molar-refractivity contribution in [3.8, 4) is 5.75 Å². The molecule has 1 unspecified atom stereocenters. The number of nitrogens with zero attached hydrogens (tertiary/aromatic N) is 1. The van der Waals surface area contributed by atoms with Crippen LogP contribution in [0.4, 0.5) is 4.39 Å². The van der Waals surface area contributed by atoms with Crippen LogP contribution in [0.5, 0.6) is 5.75 Å². The number of hydrogen-bond acceptors (Lipinski definition) is 4. The summed E-state index contributed by atoms with van der Waals surface area (Å²) in [6, 6.07) is 3.92. The highest BCUT2D eigenvalue weighted by Gasteiger charge is 2.37. The molecular weight excluding hydrogens is 489 g/mol. The molecule has 9 heteroatoms. The lowest BCUT2D eigenvalue weighted by atomic mass is 9.97. The van der Waals surface area contributed by atoms with Crippen molar-refractivity contribution in [3.05, 3.63) is 28.5 Å². The average Bonchev–Trinajstić information content (AvgIpc) is 3.06. The number of halogens is 2. The Morgan fingerprint density at radius 3 is 2.44 bits per heavy atom. The lowest BCUT2D eigenvalue weighted by Gasteiger charge is -2.36. The molecule has 1 aromatic carbocycles. The van der Waals surface area contributed by atoms with Gasteiger partial charge in [0.15, 0.2) is 15.1 Å². The van der Waals surface area contributed by atoms with Crippen molar-refractivity contribution < 1.29 is 23.1 Å². The Hall–Kier alpha value is -0.936. The molecule has 1 amide bonds. The SMILES string of the molecule is CC(C)(C)[Si](C)(C)OCCCN1CC(c2c(OCOCC[Si](C)(C)C)ccc(F)c2Cl)CC1=O. The number of hydrogen-bond donors (Lipinski definition) is 0. The molecule has 1 saturated heterocycles. The molecule has 194 valence electrons. The third-order valence-electron chi connectivity index (χ3n) is 6.85. The molecule has 0 spiro atoms. The van der Waals surface area contributed by atoms with Gasteiger partial charge in [-0.3, -0.25) is 4.79 Å². The van der Waals surface area contributed by atoms with Gasteiger partial charge in [0.05, 0.1) is 5.02 Å². The van der Waals surface area contributed by atoms with Crippen molar-refractivity contribution in [2.75, 3.05) is 33.1 Å². The minimum atomic E-state index is -1.80. The molecule has 1 heterocycles. The van der Waals surface area contributed by atoms with Crippen molar-refractivity contribution in [1.29, 1.82) is 0 Å². The van der Waals surface area contributed by atoms with E-state index in [0.29, 0.717) is 44.0 Å². The summed E-state index contributed by atoms with van der Waals surface area (Å²) >= 11 is 6.36. The molecule has 34 heavy (non-hydrogen) atoms. The van der Waals surface area contributed by atoms with Gasteiger partial charge in [-0.15, -0.1) is 0 Å². The Bertz CT molecular complexity index is 839. The number of likely N-dealkylation sites (tertiary alicyclic amines) is 1. The standard InChI is InChI=1S/C25H43ClFNO4Si2/c1-25(2,3)34(7,8)32-13-9-12-28-17-19(16-22(28)29)23-21(11-10-20(27)24(23)26)31-18-30-14-15-33(4,5)6/h10-11,19H,9,12-18H2,1-8H3. The molecule has 0 aromatic heterocycles. The van der Waals surface area contributed by atoms with E-state index in [1.807, 2.05) is 4.90 Å². The molecule has 1 aliphatic rings. The van der Waals surface area contributed by atoms with Crippen LogP contribution in [0.15, 0.2) is 12.1 Å². The molecule has 2 rings (SSSR count). The third-order valence-corrected chi connectivity index (χ3v) is 13.5. The molecule has 1 aromatic rings. The number of benzene rings is 1. The Labute approximate surface area is 212 Å². The minimum absolute atomic E-state index is 0.0282. The molecule has 0 N–H and O–H groups in total. The van der Waals surface area contributed by atoms with Crippen LogP contribution in [0.3, 0.4) is 0 Å². The van der Waals surface area contributed by atoms with Gasteiger partial charge in [-0.25, -0.2) is 4.39 Å². The Morgan fingerprint density at radius 2 is 1.82 bits per heavy atom. The van der Waals surface area contributed by atoms with Crippen LogP contribution in [-0.2, 0) is 14.0 Å². The van der Waals surface area contributed by atoms with E-state index < -0.39 is 22.2 Å². The van der Waals surface area contributed by atoms with Gasteiger partial charge in [0, 0.05) is 52.3 Å². The van der Waals surface area contributed by atoms with Crippen LogP contribution < -0.4 is 4.74 Å². The monoisotopic (exact) mass is 531 g/mol. The van der Waals surface area contributed by atoms with Crippen molar-refractivity contribution in [3.63, 3.8) is 0 Å². The molecule has 0 saturated carbocycles. The van der Waals surface area contributed by atoms with E-state index in [-0.39, 0.29) is 28.7 Å². The highest BCUT2D eigenvalue weighted by atomic mass is 35.5. The second-order valence-corrected chi connectivity index (χ2v) is 22.8. The summed E-state index contributed by atoms with van der Waals surface area (Å²) in [7, 11) is -2.99. The predicted octanol–water partition coefficient (Wildman–Crippen LogP) is 6.90. The molecular formula is C25H43ClFNO4Si2. The van der Waals surface area contributed by atoms with Gasteiger partial charge in [-0.05, 0) is 42.7 Å². The van der Waals surface area contributed by atoms with Gasteiger partial charge < -0.3 is 18.8 Å². The van der Waals surface area contributed by atoms with Gasteiger partial charge in [0.25, 0.3) is 0 Å². The maximum absolute atomic E-state index is 14.3. The Balaban J connectivity index is 1.96. The summed E-state index contributed by atoms with van der Waals surface area (Å²) < 4.78 is 32.0. The summed E-state index contributed by atoms with van der Waals surface area (Å²) in [5, 5.41) is 0.185. The van der Waals surface area contributed by atoms with Crippen LogP contribution in [-0.4, -0.2) is 60.3 Å². The van der Waals surface area contributed by atoms with E-state index in [0.717, 1.165) is 12.5 Å². The number of carbonyl (C=O) groups is 1. The van der Waals surface area contributed by atoms with Crippen LogP contribution in [0.25, 0.3) is 0 Å². The van der Waals surface area contributed by atoms with Gasteiger partial charge in [0.1, 0.15) is 11.6 Å². The molecule has 0 radical (unpaired) electrons. The van der Waals surface area contributed by atoms with E-state index in [1.54, 1.807) is 6.07 Å². The maximum Gasteiger partial charge on any atom is 0.223 e. The Kier molecular flexibility index (Phi) is 10.2. The van der Waals surface area contributed by atoms with Gasteiger partial charge in [0.2, 0.25) is 5.91 Å². The first-order valence-corrected chi connectivity index (χ1v) is 19.2. The average molecular weight is 532 g/mol. The van der Waals surface area contributed by atoms with E-state index in [1.165, 1.54) is 6.07 Å². The van der Waals surface area contributed by atoms with Crippen LogP contribution in [0.2, 0.25) is 48.8 Å². The zero-order valence-electron chi connectivity index (χ0n) is 22.2. The summed E-state index contributed by atoms with van der Waals surface area (Å²) in [5.74, 6) is -0.179. The number of amides is 1. The fourth-order valence-electron chi connectivity index (χ4n) is 3.58. The topological polar surface area (TPSA) is 48.0 Å². The molecule has 1 atom stereocenters. The molecule has 0 bridgehead atoms. The maximum atomic E-state index is 14.3. The summed E-state index contributed by atoms with van der Waals surface area (Å²) in [5.41, 5.74) is 0.559. The van der Waals surface area contributed by atoms with Gasteiger partial charge in [-0.1, -0.05) is 52.0 Å².